The molecule has 0 aromatic carbocycles. The van der Waals surface area contributed by atoms with Gasteiger partial charge in [-0.15, -0.1) is 11.8 Å². The summed E-state index contributed by atoms with van der Waals surface area (Å²) in [4.78, 5) is 23.1. The molecule has 0 saturated carbocycles. The van der Waals surface area contributed by atoms with Crippen molar-refractivity contribution in [3.8, 4) is 5.75 Å². The zero-order valence-electron chi connectivity index (χ0n) is 13.9. The summed E-state index contributed by atoms with van der Waals surface area (Å²) in [5, 5.41) is 14.3. The van der Waals surface area contributed by atoms with Crippen LogP contribution in [0.2, 0.25) is 0 Å². The number of nitrogens with zero attached hydrogens (tertiary/aromatic N) is 3. The van der Waals surface area contributed by atoms with Gasteiger partial charge in [0, 0.05) is 38.0 Å². The summed E-state index contributed by atoms with van der Waals surface area (Å²) in [6, 6.07) is 1.72. The van der Waals surface area contributed by atoms with Gasteiger partial charge in [0.15, 0.2) is 5.54 Å². The third-order valence-electron chi connectivity index (χ3n) is 4.09. The van der Waals surface area contributed by atoms with E-state index in [1.165, 1.54) is 11.8 Å². The molecule has 1 aromatic rings. The molecule has 7 nitrogen and oxygen atoms in total. The quantitative estimate of drug-likeness (QED) is 0.784. The number of aromatic nitrogens is 1. The van der Waals surface area contributed by atoms with Crippen molar-refractivity contribution in [2.24, 2.45) is 4.99 Å². The third kappa shape index (κ3) is 3.34. The Bertz CT molecular complexity index is 661. The van der Waals surface area contributed by atoms with E-state index in [0.29, 0.717) is 23.1 Å². The lowest BCUT2D eigenvalue weighted by Gasteiger charge is -2.29. The summed E-state index contributed by atoms with van der Waals surface area (Å²) in [7, 11) is 0. The van der Waals surface area contributed by atoms with Crippen LogP contribution in [0.1, 0.15) is 19.5 Å². The number of ether oxygens (including phenoxy) is 1. The standard InChI is InChI=1S/C16H22N4O3S/c1-3-23-15(22)16(2)10-24-14(19-16)13-12(21)8-11(9-18-13)20-6-4-17-5-7-20/h8-9,17,21H,3-7,10H2,1-2H3/t16-/m1/s1. The van der Waals surface area contributed by atoms with Crippen LogP contribution in [0.25, 0.3) is 0 Å². The first-order valence-electron chi connectivity index (χ1n) is 8.08. The molecular weight excluding hydrogens is 328 g/mol. The number of hydrogen-bond acceptors (Lipinski definition) is 8. The highest BCUT2D eigenvalue weighted by molar-refractivity contribution is 8.14. The van der Waals surface area contributed by atoms with Crippen LogP contribution < -0.4 is 10.2 Å². The second-order valence-corrected chi connectivity index (χ2v) is 6.96. The van der Waals surface area contributed by atoms with E-state index in [4.69, 9.17) is 4.74 Å². The average molecular weight is 350 g/mol. The van der Waals surface area contributed by atoms with Crippen LogP contribution in [-0.4, -0.2) is 65.2 Å². The average Bonchev–Trinajstić information content (AvgIpc) is 2.99. The van der Waals surface area contributed by atoms with E-state index in [1.54, 1.807) is 26.1 Å². The second-order valence-electron chi connectivity index (χ2n) is 6.00. The normalized spacial score (nSPS) is 23.9. The molecule has 2 N–H and O–H groups in total. The van der Waals surface area contributed by atoms with E-state index >= 15 is 0 Å². The van der Waals surface area contributed by atoms with Crippen LogP contribution in [0.15, 0.2) is 17.3 Å². The predicted molar refractivity (Wildman–Crippen MR) is 95.0 cm³/mol. The highest BCUT2D eigenvalue weighted by Gasteiger charge is 2.40. The third-order valence-corrected chi connectivity index (χ3v) is 5.36. The number of anilines is 1. The van der Waals surface area contributed by atoms with Crippen LogP contribution >= 0.6 is 11.8 Å². The Balaban J connectivity index is 1.81. The minimum atomic E-state index is -0.915. The van der Waals surface area contributed by atoms with Crippen molar-refractivity contribution in [3.05, 3.63) is 18.0 Å². The first kappa shape index (κ1) is 17.0. The number of esters is 1. The number of piperazine rings is 1. The van der Waals surface area contributed by atoms with Crippen molar-refractivity contribution < 1.29 is 14.6 Å². The lowest BCUT2D eigenvalue weighted by molar-refractivity contribution is -0.147. The SMILES string of the molecule is CCOC(=O)[C@@]1(C)CSC(c2ncc(N3CCNCC3)cc2O)=N1. The molecule has 2 aliphatic heterocycles. The van der Waals surface area contributed by atoms with Gasteiger partial charge in [-0.1, -0.05) is 0 Å². The Labute approximate surface area is 145 Å². The molecule has 24 heavy (non-hydrogen) atoms. The van der Waals surface area contributed by atoms with Crippen molar-refractivity contribution in [1.82, 2.24) is 10.3 Å². The van der Waals surface area contributed by atoms with E-state index in [-0.39, 0.29) is 11.7 Å². The molecule has 2 aliphatic rings. The highest BCUT2D eigenvalue weighted by atomic mass is 32.2. The van der Waals surface area contributed by atoms with Crippen molar-refractivity contribution in [2.75, 3.05) is 43.4 Å². The summed E-state index contributed by atoms with van der Waals surface area (Å²) in [6.45, 7) is 7.46. The fourth-order valence-electron chi connectivity index (χ4n) is 2.71. The molecule has 0 amide bonds. The van der Waals surface area contributed by atoms with E-state index in [1.807, 2.05) is 0 Å². The van der Waals surface area contributed by atoms with Gasteiger partial charge in [-0.05, 0) is 13.8 Å². The van der Waals surface area contributed by atoms with Gasteiger partial charge in [0.1, 0.15) is 16.5 Å². The van der Waals surface area contributed by atoms with E-state index in [2.05, 4.69) is 20.2 Å². The largest absolute Gasteiger partial charge is 0.506 e. The summed E-state index contributed by atoms with van der Waals surface area (Å²) in [6.07, 6.45) is 1.75. The van der Waals surface area contributed by atoms with Crippen molar-refractivity contribution in [1.29, 1.82) is 0 Å². The molecule has 3 heterocycles. The summed E-state index contributed by atoms with van der Waals surface area (Å²) < 4.78 is 5.09. The number of carbonyl (C=O) groups is 1. The summed E-state index contributed by atoms with van der Waals surface area (Å²) >= 11 is 1.42. The fraction of sp³-hybridized carbons (Fsp3) is 0.562. The molecule has 0 bridgehead atoms. The van der Waals surface area contributed by atoms with Crippen molar-refractivity contribution in [3.63, 3.8) is 0 Å². The van der Waals surface area contributed by atoms with E-state index < -0.39 is 5.54 Å². The van der Waals surface area contributed by atoms with Gasteiger partial charge in [0.2, 0.25) is 0 Å². The van der Waals surface area contributed by atoms with E-state index in [9.17, 15) is 9.90 Å². The molecule has 8 heteroatoms. The van der Waals surface area contributed by atoms with Crippen LogP contribution in [0.4, 0.5) is 5.69 Å². The number of nitrogens with one attached hydrogen (secondary N) is 1. The molecule has 1 saturated heterocycles. The maximum absolute atomic E-state index is 12.1. The number of carbonyl (C=O) groups excluding carboxylic acids is 1. The van der Waals surface area contributed by atoms with Gasteiger partial charge >= 0.3 is 5.97 Å². The topological polar surface area (TPSA) is 87.0 Å². The minimum Gasteiger partial charge on any atom is -0.506 e. The van der Waals surface area contributed by atoms with E-state index in [0.717, 1.165) is 31.9 Å². The molecule has 1 aromatic heterocycles. The Morgan fingerprint density at radius 3 is 2.92 bits per heavy atom. The molecule has 0 unspecified atom stereocenters. The number of pyridine rings is 1. The molecule has 0 spiro atoms. The van der Waals surface area contributed by atoms with Crippen molar-refractivity contribution in [2.45, 2.75) is 19.4 Å². The maximum atomic E-state index is 12.1. The molecule has 1 fully saturated rings. The molecule has 1 atom stereocenters. The Morgan fingerprint density at radius 2 is 2.25 bits per heavy atom. The Morgan fingerprint density at radius 1 is 1.50 bits per heavy atom. The first-order chi connectivity index (χ1) is 11.5. The van der Waals surface area contributed by atoms with Crippen LogP contribution in [0, 0.1) is 0 Å². The second kappa shape index (κ2) is 6.98. The van der Waals surface area contributed by atoms with Gasteiger partial charge < -0.3 is 20.1 Å². The monoisotopic (exact) mass is 350 g/mol. The fourth-order valence-corrected chi connectivity index (χ4v) is 3.87. The van der Waals surface area contributed by atoms with Crippen LogP contribution in [-0.2, 0) is 9.53 Å². The first-order valence-corrected chi connectivity index (χ1v) is 9.07. The molecule has 130 valence electrons. The molecular formula is C16H22N4O3S. The number of aromatic hydroxyl groups is 1. The Kier molecular flexibility index (Phi) is 4.96. The summed E-state index contributed by atoms with van der Waals surface area (Å²) in [5.74, 6) is 0.233. The molecule has 0 radical (unpaired) electrons. The lowest BCUT2D eigenvalue weighted by Crippen LogP contribution is -2.43. The van der Waals surface area contributed by atoms with Crippen molar-refractivity contribution >= 4 is 28.5 Å². The van der Waals surface area contributed by atoms with Gasteiger partial charge in [-0.3, -0.25) is 4.99 Å². The molecule has 0 aliphatic carbocycles. The van der Waals surface area contributed by atoms with Gasteiger partial charge in [-0.25, -0.2) is 9.78 Å². The van der Waals surface area contributed by atoms with Crippen LogP contribution in [0.3, 0.4) is 0 Å². The number of thioether (sulfide) groups is 1. The van der Waals surface area contributed by atoms with Gasteiger partial charge in [-0.2, -0.15) is 0 Å². The van der Waals surface area contributed by atoms with Crippen LogP contribution in [0.5, 0.6) is 5.75 Å². The highest BCUT2D eigenvalue weighted by Crippen LogP contribution is 2.35. The van der Waals surface area contributed by atoms with Gasteiger partial charge in [0.25, 0.3) is 0 Å². The number of aliphatic imine (C=N–C) groups is 1. The number of rotatable bonds is 4. The maximum Gasteiger partial charge on any atom is 0.334 e. The number of hydrogen-bond donors (Lipinski definition) is 2. The summed E-state index contributed by atoms with van der Waals surface area (Å²) in [5.41, 5.74) is 0.405. The molecule has 3 rings (SSSR count). The zero-order valence-corrected chi connectivity index (χ0v) is 14.7. The Hall–Kier alpha value is -1.80. The zero-order chi connectivity index (χ0) is 17.2. The smallest absolute Gasteiger partial charge is 0.334 e. The van der Waals surface area contributed by atoms with Gasteiger partial charge in [0.05, 0.1) is 18.5 Å². The minimum absolute atomic E-state index is 0.0883. The predicted octanol–water partition coefficient (Wildman–Crippen LogP) is 1.01. The lowest BCUT2D eigenvalue weighted by atomic mass is 10.1.